The van der Waals surface area contributed by atoms with Gasteiger partial charge in [-0.05, 0) is 141 Å². The van der Waals surface area contributed by atoms with E-state index in [-0.39, 0.29) is 32.7 Å². The molecule has 498 valence electrons. The summed E-state index contributed by atoms with van der Waals surface area (Å²) >= 11 is 0. The lowest BCUT2D eigenvalue weighted by molar-refractivity contribution is -0.870. The number of carboxylic acids is 1. The summed E-state index contributed by atoms with van der Waals surface area (Å²) in [7, 11) is 5.90. The summed E-state index contributed by atoms with van der Waals surface area (Å²) in [6.45, 7) is 4.45. The quantitative estimate of drug-likeness (QED) is 0.0195. The zero-order chi connectivity index (χ0) is 64.7. The van der Waals surface area contributed by atoms with Crippen LogP contribution < -0.4 is 5.11 Å². The topological polar surface area (TPSA) is 111 Å². The van der Waals surface area contributed by atoms with Crippen LogP contribution in [0.2, 0.25) is 0 Å². The van der Waals surface area contributed by atoms with E-state index in [1.807, 2.05) is 21.1 Å². The lowest BCUT2D eigenvalue weighted by atomic mass is 10.0. The minimum Gasteiger partial charge on any atom is -0.545 e. The molecule has 0 saturated carbocycles. The van der Waals surface area contributed by atoms with Crippen LogP contribution in [0, 0.1) is 0 Å². The summed E-state index contributed by atoms with van der Waals surface area (Å²) in [4.78, 5) is 37.5. The van der Waals surface area contributed by atoms with Crippen molar-refractivity contribution in [3.05, 3.63) is 194 Å². The molecule has 0 radical (unpaired) electrons. The van der Waals surface area contributed by atoms with Crippen molar-refractivity contribution >= 4 is 17.9 Å². The molecule has 0 bridgehead atoms. The maximum Gasteiger partial charge on any atom is 0.306 e. The Morgan fingerprint density at radius 1 is 0.337 bits per heavy atom. The number of hydrogen-bond donors (Lipinski definition) is 0. The van der Waals surface area contributed by atoms with Crippen molar-refractivity contribution in [1.82, 2.24) is 0 Å². The average Bonchev–Trinajstić information content (AvgIpc) is 3.64. The predicted octanol–water partition coefficient (Wildman–Crippen LogP) is 20.5. The van der Waals surface area contributed by atoms with Gasteiger partial charge in [-0.2, -0.15) is 0 Å². The number of nitrogens with zero attached hydrogens (tertiary/aromatic N) is 1. The van der Waals surface area contributed by atoms with Crippen molar-refractivity contribution in [2.75, 3.05) is 47.5 Å². The Bertz CT molecular complexity index is 2160. The van der Waals surface area contributed by atoms with Crippen molar-refractivity contribution in [2.45, 2.75) is 245 Å². The average molecular weight is 1230 g/mol. The van der Waals surface area contributed by atoms with Crippen LogP contribution in [-0.4, -0.2) is 82.3 Å². The number of esters is 2. The van der Waals surface area contributed by atoms with Gasteiger partial charge in [0.1, 0.15) is 13.2 Å². The third kappa shape index (κ3) is 69.5. The Balaban J connectivity index is 4.24. The smallest absolute Gasteiger partial charge is 0.306 e. The SMILES string of the molecule is CC/C=C\C/C=C\C/C=C\C/C=C\C/C=C\C/C=C\C/C=C\C/C=C\C/C=C\CCCCCCCCCCCCCC(=O)OC(COC(=O)CCCCC/C=C\C/C=C\C/C=C\C/C=C\C/C=C\C/C=C\C/C=C\CC)COC(OCC[N+](C)(C)C)C(=O)[O-]. The van der Waals surface area contributed by atoms with Gasteiger partial charge in [-0.3, -0.25) is 9.59 Å². The summed E-state index contributed by atoms with van der Waals surface area (Å²) in [6, 6.07) is 0. The van der Waals surface area contributed by atoms with Crippen LogP contribution in [0.5, 0.6) is 0 Å². The van der Waals surface area contributed by atoms with Crippen LogP contribution in [0.25, 0.3) is 0 Å². The number of quaternary nitrogens is 1. The summed E-state index contributed by atoms with van der Waals surface area (Å²) in [5.74, 6) is -2.35. The molecule has 0 saturated heterocycles. The highest BCUT2D eigenvalue weighted by Gasteiger charge is 2.22. The molecule has 0 aromatic carbocycles. The first-order valence-corrected chi connectivity index (χ1v) is 34.6. The van der Waals surface area contributed by atoms with Crippen molar-refractivity contribution in [2.24, 2.45) is 0 Å². The Labute approximate surface area is 544 Å². The van der Waals surface area contributed by atoms with Gasteiger partial charge in [0, 0.05) is 12.8 Å². The molecule has 0 aromatic heterocycles. The second-order valence-corrected chi connectivity index (χ2v) is 23.3. The number of allylic oxidation sites excluding steroid dienone is 32. The molecule has 0 fully saturated rings. The Hall–Kier alpha value is -5.87. The maximum absolute atomic E-state index is 12.9. The lowest BCUT2D eigenvalue weighted by Gasteiger charge is -2.26. The van der Waals surface area contributed by atoms with Gasteiger partial charge in [-0.1, -0.05) is 272 Å². The number of likely N-dealkylation sites (N-methyl/N-ethyl adjacent to an activating group) is 1. The Morgan fingerprint density at radius 2 is 0.607 bits per heavy atom. The van der Waals surface area contributed by atoms with E-state index in [1.54, 1.807) is 0 Å². The van der Waals surface area contributed by atoms with Crippen LogP contribution in [0.1, 0.15) is 232 Å². The molecular formula is C80H125NO8. The fourth-order valence-corrected chi connectivity index (χ4v) is 8.63. The molecule has 0 aliphatic heterocycles. The van der Waals surface area contributed by atoms with Gasteiger partial charge in [0.05, 0.1) is 40.3 Å². The van der Waals surface area contributed by atoms with E-state index in [9.17, 15) is 19.5 Å². The van der Waals surface area contributed by atoms with Gasteiger partial charge in [0.25, 0.3) is 0 Å². The molecule has 0 rings (SSSR count). The molecule has 89 heavy (non-hydrogen) atoms. The Kier molecular flexibility index (Phi) is 63.6. The number of unbranched alkanes of at least 4 members (excludes halogenated alkanes) is 14. The maximum atomic E-state index is 12.9. The fourth-order valence-electron chi connectivity index (χ4n) is 8.63. The first-order chi connectivity index (χ1) is 43.6. The third-order valence-corrected chi connectivity index (χ3v) is 13.8. The molecule has 9 nitrogen and oxygen atoms in total. The number of ether oxygens (including phenoxy) is 4. The van der Waals surface area contributed by atoms with Crippen molar-refractivity contribution in [3.8, 4) is 0 Å². The van der Waals surface area contributed by atoms with E-state index in [1.165, 1.54) is 44.9 Å². The largest absolute Gasteiger partial charge is 0.545 e. The molecule has 0 N–H and O–H groups in total. The van der Waals surface area contributed by atoms with Gasteiger partial charge in [0.15, 0.2) is 12.4 Å². The second-order valence-electron chi connectivity index (χ2n) is 23.3. The van der Waals surface area contributed by atoms with E-state index < -0.39 is 30.3 Å². The van der Waals surface area contributed by atoms with Crippen molar-refractivity contribution in [1.29, 1.82) is 0 Å². The highest BCUT2D eigenvalue weighted by atomic mass is 16.7. The summed E-state index contributed by atoms with van der Waals surface area (Å²) in [5, 5.41) is 11.8. The highest BCUT2D eigenvalue weighted by molar-refractivity contribution is 5.70. The lowest BCUT2D eigenvalue weighted by Crippen LogP contribution is -2.44. The van der Waals surface area contributed by atoms with Crippen molar-refractivity contribution < 1.29 is 42.9 Å². The minimum absolute atomic E-state index is 0.131. The number of hydrogen-bond acceptors (Lipinski definition) is 8. The minimum atomic E-state index is -1.64. The second kappa shape index (κ2) is 68.0. The van der Waals surface area contributed by atoms with Gasteiger partial charge in [-0.15, -0.1) is 0 Å². The molecule has 0 aliphatic rings. The number of rotatable bonds is 61. The first-order valence-electron chi connectivity index (χ1n) is 34.6. The monoisotopic (exact) mass is 1230 g/mol. The van der Waals surface area contributed by atoms with Crippen LogP contribution >= 0.6 is 0 Å². The van der Waals surface area contributed by atoms with E-state index >= 15 is 0 Å². The normalized spacial score (nSPS) is 13.9. The zero-order valence-corrected chi connectivity index (χ0v) is 56.7. The number of carboxylic acid groups (broad SMARTS) is 1. The van der Waals surface area contributed by atoms with Crippen LogP contribution in [0.4, 0.5) is 0 Å². The van der Waals surface area contributed by atoms with Crippen LogP contribution in [0.15, 0.2) is 194 Å². The summed E-state index contributed by atoms with van der Waals surface area (Å²) < 4.78 is 22.7. The predicted molar refractivity (Wildman–Crippen MR) is 379 cm³/mol. The zero-order valence-electron chi connectivity index (χ0n) is 56.7. The Morgan fingerprint density at radius 3 is 0.910 bits per heavy atom. The van der Waals surface area contributed by atoms with E-state index in [0.29, 0.717) is 23.9 Å². The number of carbonyl (C=O) groups is 3. The van der Waals surface area contributed by atoms with Gasteiger partial charge >= 0.3 is 11.9 Å². The van der Waals surface area contributed by atoms with Crippen LogP contribution in [0.3, 0.4) is 0 Å². The number of carbonyl (C=O) groups excluding carboxylic acids is 3. The van der Waals surface area contributed by atoms with E-state index in [0.717, 1.165) is 148 Å². The van der Waals surface area contributed by atoms with Crippen LogP contribution in [-0.2, 0) is 33.3 Å². The molecule has 0 spiro atoms. The highest BCUT2D eigenvalue weighted by Crippen LogP contribution is 2.15. The van der Waals surface area contributed by atoms with Gasteiger partial charge in [0.2, 0.25) is 0 Å². The van der Waals surface area contributed by atoms with E-state index in [2.05, 4.69) is 208 Å². The molecular weight excluding hydrogens is 1100 g/mol. The van der Waals surface area contributed by atoms with Crippen molar-refractivity contribution in [3.63, 3.8) is 0 Å². The molecule has 2 unspecified atom stereocenters. The van der Waals surface area contributed by atoms with E-state index in [4.69, 9.17) is 18.9 Å². The molecule has 0 amide bonds. The molecule has 0 aliphatic carbocycles. The molecule has 9 heteroatoms. The molecule has 0 heterocycles. The molecule has 2 atom stereocenters. The van der Waals surface area contributed by atoms with Gasteiger partial charge in [-0.25, -0.2) is 0 Å². The number of aliphatic carboxylic acids is 1. The summed E-state index contributed by atoms with van der Waals surface area (Å²) in [5.41, 5.74) is 0. The van der Waals surface area contributed by atoms with Gasteiger partial charge < -0.3 is 33.3 Å². The first kappa shape index (κ1) is 83.1. The standard InChI is InChI=1S/C80H125NO8/c1-6-8-10-12-14-16-18-20-22-24-26-28-30-32-33-34-35-36-37-38-39-40-41-42-43-44-45-47-49-51-53-55-57-59-61-63-65-67-69-71-78(83)89-76(75-88-80(79(84)85)86-73-72-81(3,4)5)74-87-77(82)70-68-66-64-62-60-58-56-54-52-50-48-46-31-29-27-25-23-21-19-17-15-13-11-9-7-2/h8-11,14-17,20-23,26-29,32-33,35-36,38-39,41-42,44-46,48,52,54,58,60,76,80H,6-7,12-13,18-19,24-25,30-31,34,37,40,43,47,49-51,53,55-57,59,61-75H2,1-5H3/b10-8-,11-9-,16-14-,17-15-,22-20-,23-21-,28-26-,29-27-,33-32-,36-35-,39-38-,42-41-,45-44-,48-46-,54-52-,60-58-. The third-order valence-electron chi connectivity index (χ3n) is 13.8. The summed E-state index contributed by atoms with van der Waals surface area (Å²) in [6.07, 6.45) is 102. The molecule has 0 aromatic rings. The fraction of sp³-hybridized carbons (Fsp3) is 0.562.